The fourth-order valence-corrected chi connectivity index (χ4v) is 2.89. The zero-order valence-corrected chi connectivity index (χ0v) is 12.3. The fraction of sp³-hybridized carbons (Fsp3) is 0.571. The van der Waals surface area contributed by atoms with Crippen LogP contribution in [-0.2, 0) is 4.79 Å². The molecule has 1 aromatic rings. The Morgan fingerprint density at radius 3 is 2.95 bits per heavy atom. The lowest BCUT2D eigenvalue weighted by Gasteiger charge is -2.32. The third-order valence-electron chi connectivity index (χ3n) is 3.57. The number of rotatable bonds is 5. The standard InChI is InChI=1S/C14H19NO4S/c1-20-13-7-5-11(19-13)14(18)15-8-2-3-10(9-15)4-6-12(16)17/h5,7,10H,2-4,6,8-9H2,1H3,(H,16,17). The highest BCUT2D eigenvalue weighted by Gasteiger charge is 2.26. The molecule has 0 aromatic carbocycles. The molecule has 1 unspecified atom stereocenters. The average Bonchev–Trinajstić information content (AvgIpc) is 2.93. The van der Waals surface area contributed by atoms with Crippen LogP contribution in [0.25, 0.3) is 0 Å². The smallest absolute Gasteiger partial charge is 0.303 e. The molecule has 0 aliphatic carbocycles. The van der Waals surface area contributed by atoms with Gasteiger partial charge < -0.3 is 14.4 Å². The van der Waals surface area contributed by atoms with Crippen LogP contribution in [0.3, 0.4) is 0 Å². The monoisotopic (exact) mass is 297 g/mol. The Morgan fingerprint density at radius 1 is 1.50 bits per heavy atom. The van der Waals surface area contributed by atoms with E-state index in [1.807, 2.05) is 6.26 Å². The molecule has 20 heavy (non-hydrogen) atoms. The first kappa shape index (κ1) is 15.0. The number of carboxylic acids is 1. The maximum atomic E-state index is 12.3. The van der Waals surface area contributed by atoms with Gasteiger partial charge in [-0.25, -0.2) is 0 Å². The molecule has 0 radical (unpaired) electrons. The molecule has 1 amide bonds. The summed E-state index contributed by atoms with van der Waals surface area (Å²) in [6, 6.07) is 3.50. The number of amides is 1. The molecule has 1 aromatic heterocycles. The van der Waals surface area contributed by atoms with Crippen LogP contribution in [0.4, 0.5) is 0 Å². The zero-order valence-electron chi connectivity index (χ0n) is 11.5. The molecular weight excluding hydrogens is 278 g/mol. The van der Waals surface area contributed by atoms with Gasteiger partial charge in [-0.3, -0.25) is 9.59 Å². The van der Waals surface area contributed by atoms with Crippen molar-refractivity contribution in [2.24, 2.45) is 5.92 Å². The second-order valence-corrected chi connectivity index (χ2v) is 5.83. The van der Waals surface area contributed by atoms with Crippen molar-refractivity contribution in [1.29, 1.82) is 0 Å². The van der Waals surface area contributed by atoms with Gasteiger partial charge in [0.15, 0.2) is 10.9 Å². The molecule has 0 bridgehead atoms. The third-order valence-corrected chi connectivity index (χ3v) is 4.19. The van der Waals surface area contributed by atoms with Crippen LogP contribution >= 0.6 is 11.8 Å². The maximum Gasteiger partial charge on any atom is 0.303 e. The minimum Gasteiger partial charge on any atom is -0.481 e. The Balaban J connectivity index is 1.94. The molecule has 1 fully saturated rings. The molecular formula is C14H19NO4S. The van der Waals surface area contributed by atoms with E-state index in [1.165, 1.54) is 11.8 Å². The molecule has 1 saturated heterocycles. The van der Waals surface area contributed by atoms with Gasteiger partial charge in [0.05, 0.1) is 0 Å². The fourth-order valence-electron chi connectivity index (χ4n) is 2.51. The van der Waals surface area contributed by atoms with Crippen LogP contribution in [0, 0.1) is 5.92 Å². The number of carbonyl (C=O) groups excluding carboxylic acids is 1. The van der Waals surface area contributed by atoms with Crippen molar-refractivity contribution >= 4 is 23.6 Å². The summed E-state index contributed by atoms with van der Waals surface area (Å²) in [7, 11) is 0. The van der Waals surface area contributed by atoms with Gasteiger partial charge in [0.25, 0.3) is 5.91 Å². The zero-order chi connectivity index (χ0) is 14.5. The van der Waals surface area contributed by atoms with Gasteiger partial charge in [-0.2, -0.15) is 0 Å². The van der Waals surface area contributed by atoms with Crippen molar-refractivity contribution in [3.05, 3.63) is 17.9 Å². The van der Waals surface area contributed by atoms with Crippen LogP contribution in [0.5, 0.6) is 0 Å². The van der Waals surface area contributed by atoms with Gasteiger partial charge in [-0.05, 0) is 43.6 Å². The third kappa shape index (κ3) is 3.79. The van der Waals surface area contributed by atoms with Crippen LogP contribution in [0.15, 0.2) is 21.6 Å². The summed E-state index contributed by atoms with van der Waals surface area (Å²) in [5.41, 5.74) is 0. The summed E-state index contributed by atoms with van der Waals surface area (Å²) in [4.78, 5) is 24.7. The summed E-state index contributed by atoms with van der Waals surface area (Å²) in [6.07, 6.45) is 4.62. The Morgan fingerprint density at radius 2 is 2.30 bits per heavy atom. The van der Waals surface area contributed by atoms with Crippen LogP contribution < -0.4 is 0 Å². The Hall–Kier alpha value is -1.43. The number of nitrogens with zero attached hydrogens (tertiary/aromatic N) is 1. The van der Waals surface area contributed by atoms with Gasteiger partial charge in [-0.15, -0.1) is 0 Å². The lowest BCUT2D eigenvalue weighted by atomic mass is 9.93. The molecule has 2 heterocycles. The summed E-state index contributed by atoms with van der Waals surface area (Å²) < 4.78 is 5.46. The predicted octanol–water partition coefficient (Wildman–Crippen LogP) is 2.72. The van der Waals surface area contributed by atoms with E-state index in [0.717, 1.165) is 24.5 Å². The van der Waals surface area contributed by atoms with E-state index in [-0.39, 0.29) is 18.2 Å². The van der Waals surface area contributed by atoms with Crippen molar-refractivity contribution < 1.29 is 19.1 Å². The molecule has 5 nitrogen and oxygen atoms in total. The highest BCUT2D eigenvalue weighted by Crippen LogP contribution is 2.24. The SMILES string of the molecule is CSc1ccc(C(=O)N2CCCC(CCC(=O)O)C2)o1. The van der Waals surface area contributed by atoms with E-state index in [0.29, 0.717) is 18.7 Å². The highest BCUT2D eigenvalue weighted by atomic mass is 32.2. The van der Waals surface area contributed by atoms with Gasteiger partial charge in [-0.1, -0.05) is 11.8 Å². The molecule has 1 N–H and O–H groups in total. The first-order chi connectivity index (χ1) is 9.60. The number of likely N-dealkylation sites (tertiary alicyclic amines) is 1. The number of hydrogen-bond acceptors (Lipinski definition) is 4. The quantitative estimate of drug-likeness (QED) is 0.846. The number of thioether (sulfide) groups is 1. The Kier molecular flexibility index (Phi) is 5.11. The number of carbonyl (C=O) groups is 2. The van der Waals surface area contributed by atoms with E-state index >= 15 is 0 Å². The van der Waals surface area contributed by atoms with Gasteiger partial charge >= 0.3 is 5.97 Å². The second kappa shape index (κ2) is 6.83. The van der Waals surface area contributed by atoms with Gasteiger partial charge in [0, 0.05) is 19.5 Å². The minimum atomic E-state index is -0.774. The molecule has 0 spiro atoms. The van der Waals surface area contributed by atoms with E-state index in [9.17, 15) is 9.59 Å². The topological polar surface area (TPSA) is 70.8 Å². The molecule has 1 aliphatic rings. The predicted molar refractivity (Wildman–Crippen MR) is 76.0 cm³/mol. The molecule has 1 atom stereocenters. The molecule has 2 rings (SSSR count). The van der Waals surface area contributed by atoms with E-state index in [2.05, 4.69) is 0 Å². The summed E-state index contributed by atoms with van der Waals surface area (Å²) in [6.45, 7) is 1.35. The summed E-state index contributed by atoms with van der Waals surface area (Å²) >= 11 is 1.46. The Labute approximate surface area is 122 Å². The number of piperidine rings is 1. The normalized spacial score (nSPS) is 19.1. The lowest BCUT2D eigenvalue weighted by molar-refractivity contribution is -0.137. The molecule has 1 aliphatic heterocycles. The van der Waals surface area contributed by atoms with Crippen molar-refractivity contribution in [2.75, 3.05) is 19.3 Å². The van der Waals surface area contributed by atoms with Crippen molar-refractivity contribution in [3.63, 3.8) is 0 Å². The number of aliphatic carboxylic acids is 1. The van der Waals surface area contributed by atoms with Crippen LogP contribution in [0.2, 0.25) is 0 Å². The lowest BCUT2D eigenvalue weighted by Crippen LogP contribution is -2.39. The number of carboxylic acid groups (broad SMARTS) is 1. The summed E-state index contributed by atoms with van der Waals surface area (Å²) in [5, 5.41) is 9.46. The van der Waals surface area contributed by atoms with E-state index < -0.39 is 5.97 Å². The first-order valence-corrected chi connectivity index (χ1v) is 7.97. The first-order valence-electron chi connectivity index (χ1n) is 6.75. The number of hydrogen-bond donors (Lipinski definition) is 1. The van der Waals surface area contributed by atoms with Crippen LogP contribution in [0.1, 0.15) is 36.2 Å². The maximum absolute atomic E-state index is 12.3. The second-order valence-electron chi connectivity index (χ2n) is 5.01. The molecule has 0 saturated carbocycles. The van der Waals surface area contributed by atoms with Gasteiger partial charge in [0.1, 0.15) is 0 Å². The number of furan rings is 1. The minimum absolute atomic E-state index is 0.0923. The largest absolute Gasteiger partial charge is 0.481 e. The Bertz CT molecular complexity index is 485. The highest BCUT2D eigenvalue weighted by molar-refractivity contribution is 7.98. The summed E-state index contributed by atoms with van der Waals surface area (Å²) in [5.74, 6) is -0.221. The molecule has 110 valence electrons. The van der Waals surface area contributed by atoms with E-state index in [4.69, 9.17) is 9.52 Å². The van der Waals surface area contributed by atoms with Crippen molar-refractivity contribution in [1.82, 2.24) is 4.90 Å². The van der Waals surface area contributed by atoms with Crippen LogP contribution in [-0.4, -0.2) is 41.2 Å². The van der Waals surface area contributed by atoms with Gasteiger partial charge in [0.2, 0.25) is 0 Å². The average molecular weight is 297 g/mol. The van der Waals surface area contributed by atoms with E-state index in [1.54, 1.807) is 17.0 Å². The van der Waals surface area contributed by atoms with Crippen molar-refractivity contribution in [2.45, 2.75) is 30.8 Å². The molecule has 6 heteroatoms. The van der Waals surface area contributed by atoms with Crippen molar-refractivity contribution in [3.8, 4) is 0 Å².